The fourth-order valence-electron chi connectivity index (χ4n) is 3.44. The summed E-state index contributed by atoms with van der Waals surface area (Å²) in [6.45, 7) is 1.53. The average Bonchev–Trinajstić information content (AvgIpc) is 3.35. The SMILES string of the molecule is O=C1CC(c2nc(-c3ccc(Br)cc3)no2)CN1c1ccc2c(c1)OCCO2. The zero-order valence-electron chi connectivity index (χ0n) is 14.8. The lowest BCUT2D eigenvalue weighted by molar-refractivity contribution is -0.117. The summed E-state index contributed by atoms with van der Waals surface area (Å²) < 4.78 is 17.6. The first-order chi connectivity index (χ1) is 13.7. The molecule has 1 fully saturated rings. The van der Waals surface area contributed by atoms with Gasteiger partial charge in [-0.05, 0) is 36.4 Å². The van der Waals surface area contributed by atoms with Gasteiger partial charge >= 0.3 is 0 Å². The fourth-order valence-corrected chi connectivity index (χ4v) is 3.70. The summed E-state index contributed by atoms with van der Waals surface area (Å²) in [7, 11) is 0. The maximum Gasteiger partial charge on any atom is 0.232 e. The molecule has 2 aliphatic heterocycles. The van der Waals surface area contributed by atoms with Crippen molar-refractivity contribution in [1.29, 1.82) is 0 Å². The number of hydrogen-bond acceptors (Lipinski definition) is 6. The number of anilines is 1. The number of nitrogens with zero attached hydrogens (tertiary/aromatic N) is 3. The Labute approximate surface area is 169 Å². The zero-order chi connectivity index (χ0) is 19.1. The molecule has 142 valence electrons. The Morgan fingerprint density at radius 1 is 1.04 bits per heavy atom. The number of fused-ring (bicyclic) bond motifs is 1. The van der Waals surface area contributed by atoms with Crippen LogP contribution in [0.15, 0.2) is 51.5 Å². The summed E-state index contributed by atoms with van der Waals surface area (Å²) in [6, 6.07) is 13.2. The fraction of sp³-hybridized carbons (Fsp3) is 0.250. The van der Waals surface area contributed by atoms with Crippen LogP contribution in [0, 0.1) is 0 Å². The molecule has 0 aliphatic carbocycles. The normalized spacial score (nSPS) is 18.5. The third-order valence-electron chi connectivity index (χ3n) is 4.86. The molecule has 3 heterocycles. The highest BCUT2D eigenvalue weighted by atomic mass is 79.9. The van der Waals surface area contributed by atoms with Crippen molar-refractivity contribution in [3.63, 3.8) is 0 Å². The van der Waals surface area contributed by atoms with Crippen LogP contribution < -0.4 is 14.4 Å². The maximum absolute atomic E-state index is 12.6. The van der Waals surface area contributed by atoms with Crippen LogP contribution >= 0.6 is 15.9 Å². The summed E-state index contributed by atoms with van der Waals surface area (Å²) in [5.74, 6) is 2.24. The van der Waals surface area contributed by atoms with E-state index in [-0.39, 0.29) is 11.8 Å². The van der Waals surface area contributed by atoms with Gasteiger partial charge in [-0.25, -0.2) is 0 Å². The number of hydrogen-bond donors (Lipinski definition) is 0. The minimum absolute atomic E-state index is 0.0186. The molecule has 8 heteroatoms. The summed E-state index contributed by atoms with van der Waals surface area (Å²) in [6.07, 6.45) is 0.330. The molecule has 1 atom stereocenters. The number of carbonyl (C=O) groups is 1. The van der Waals surface area contributed by atoms with Crippen LogP contribution in [-0.4, -0.2) is 35.8 Å². The molecule has 0 radical (unpaired) electrons. The van der Waals surface area contributed by atoms with Crippen molar-refractivity contribution in [2.24, 2.45) is 0 Å². The van der Waals surface area contributed by atoms with Crippen molar-refractivity contribution in [2.75, 3.05) is 24.7 Å². The Morgan fingerprint density at radius 2 is 1.82 bits per heavy atom. The van der Waals surface area contributed by atoms with Crippen LogP contribution in [0.5, 0.6) is 11.5 Å². The van der Waals surface area contributed by atoms with Crippen LogP contribution in [0.2, 0.25) is 0 Å². The van der Waals surface area contributed by atoms with Crippen molar-refractivity contribution in [2.45, 2.75) is 12.3 Å². The smallest absolute Gasteiger partial charge is 0.232 e. The second kappa shape index (κ2) is 6.94. The van der Waals surface area contributed by atoms with E-state index < -0.39 is 0 Å². The van der Waals surface area contributed by atoms with E-state index in [2.05, 4.69) is 26.1 Å². The summed E-state index contributed by atoms with van der Waals surface area (Å²) in [5.41, 5.74) is 1.65. The van der Waals surface area contributed by atoms with E-state index in [1.165, 1.54) is 0 Å². The number of aromatic nitrogens is 2. The van der Waals surface area contributed by atoms with E-state index in [4.69, 9.17) is 14.0 Å². The highest BCUT2D eigenvalue weighted by Crippen LogP contribution is 2.37. The Morgan fingerprint density at radius 3 is 2.64 bits per heavy atom. The molecule has 2 aromatic carbocycles. The molecule has 0 bridgehead atoms. The molecule has 1 unspecified atom stereocenters. The second-order valence-corrected chi connectivity index (χ2v) is 7.61. The molecule has 0 N–H and O–H groups in total. The molecule has 1 saturated heterocycles. The predicted molar refractivity (Wildman–Crippen MR) is 105 cm³/mol. The van der Waals surface area contributed by atoms with Gasteiger partial charge in [-0.2, -0.15) is 4.98 Å². The van der Waals surface area contributed by atoms with Crippen LogP contribution in [0.1, 0.15) is 18.2 Å². The Kier molecular flexibility index (Phi) is 4.27. The Balaban J connectivity index is 1.36. The number of amides is 1. The van der Waals surface area contributed by atoms with Crippen molar-refractivity contribution >= 4 is 27.5 Å². The molecule has 0 saturated carbocycles. The minimum atomic E-state index is -0.141. The number of carbonyl (C=O) groups excluding carboxylic acids is 1. The van der Waals surface area contributed by atoms with E-state index in [0.717, 1.165) is 15.7 Å². The monoisotopic (exact) mass is 441 g/mol. The third kappa shape index (κ3) is 3.13. The van der Waals surface area contributed by atoms with Crippen molar-refractivity contribution in [3.8, 4) is 22.9 Å². The highest BCUT2D eigenvalue weighted by molar-refractivity contribution is 9.10. The van der Waals surface area contributed by atoms with Gasteiger partial charge in [-0.1, -0.05) is 21.1 Å². The lowest BCUT2D eigenvalue weighted by Gasteiger charge is -2.22. The quantitative estimate of drug-likeness (QED) is 0.615. The van der Waals surface area contributed by atoms with Gasteiger partial charge < -0.3 is 18.9 Å². The van der Waals surface area contributed by atoms with Gasteiger partial charge in [0.2, 0.25) is 17.6 Å². The van der Waals surface area contributed by atoms with Gasteiger partial charge in [0.15, 0.2) is 11.5 Å². The zero-order valence-corrected chi connectivity index (χ0v) is 16.4. The summed E-state index contributed by atoms with van der Waals surface area (Å²) >= 11 is 3.41. The maximum atomic E-state index is 12.6. The van der Waals surface area contributed by atoms with Gasteiger partial charge in [0.05, 0.1) is 5.92 Å². The number of halogens is 1. The standard InChI is InChI=1S/C20H16BrN3O4/c21-14-3-1-12(2-4-14)19-22-20(28-23-19)13-9-18(25)24(11-13)15-5-6-16-17(10-15)27-8-7-26-16/h1-6,10,13H,7-9,11H2. The van der Waals surface area contributed by atoms with Crippen molar-refractivity contribution < 1.29 is 18.8 Å². The van der Waals surface area contributed by atoms with E-state index in [1.807, 2.05) is 42.5 Å². The van der Waals surface area contributed by atoms with Gasteiger partial charge in [0.1, 0.15) is 13.2 Å². The molecular formula is C20H16BrN3O4. The molecule has 28 heavy (non-hydrogen) atoms. The second-order valence-electron chi connectivity index (χ2n) is 6.70. The molecule has 3 aromatic rings. The lowest BCUT2D eigenvalue weighted by atomic mass is 10.1. The molecule has 2 aliphatic rings. The molecule has 1 aromatic heterocycles. The molecular weight excluding hydrogens is 426 g/mol. The molecule has 1 amide bonds. The van der Waals surface area contributed by atoms with Gasteiger partial charge in [0, 0.05) is 34.8 Å². The van der Waals surface area contributed by atoms with E-state index in [0.29, 0.717) is 49.4 Å². The third-order valence-corrected chi connectivity index (χ3v) is 5.38. The van der Waals surface area contributed by atoms with Crippen molar-refractivity contribution in [3.05, 3.63) is 52.8 Å². The van der Waals surface area contributed by atoms with E-state index in [1.54, 1.807) is 4.90 Å². The average molecular weight is 442 g/mol. The largest absolute Gasteiger partial charge is 0.486 e. The minimum Gasteiger partial charge on any atom is -0.486 e. The molecule has 5 rings (SSSR count). The first-order valence-corrected chi connectivity index (χ1v) is 9.76. The topological polar surface area (TPSA) is 77.7 Å². The van der Waals surface area contributed by atoms with Crippen LogP contribution in [0.3, 0.4) is 0 Å². The highest BCUT2D eigenvalue weighted by Gasteiger charge is 2.35. The number of rotatable bonds is 3. The molecule has 7 nitrogen and oxygen atoms in total. The Bertz CT molecular complexity index is 1030. The van der Waals surface area contributed by atoms with Crippen LogP contribution in [0.4, 0.5) is 5.69 Å². The van der Waals surface area contributed by atoms with Crippen molar-refractivity contribution in [1.82, 2.24) is 10.1 Å². The number of ether oxygens (including phenoxy) is 2. The van der Waals surface area contributed by atoms with Crippen LogP contribution in [0.25, 0.3) is 11.4 Å². The predicted octanol–water partition coefficient (Wildman–Crippen LogP) is 3.79. The van der Waals surface area contributed by atoms with E-state index in [9.17, 15) is 4.79 Å². The van der Waals surface area contributed by atoms with Gasteiger partial charge in [-0.3, -0.25) is 4.79 Å². The lowest BCUT2D eigenvalue weighted by Crippen LogP contribution is -2.24. The number of benzene rings is 2. The first-order valence-electron chi connectivity index (χ1n) is 8.97. The summed E-state index contributed by atoms with van der Waals surface area (Å²) in [4.78, 5) is 18.8. The van der Waals surface area contributed by atoms with Crippen LogP contribution in [-0.2, 0) is 4.79 Å². The summed E-state index contributed by atoms with van der Waals surface area (Å²) in [5, 5.41) is 4.07. The first kappa shape index (κ1) is 17.2. The van der Waals surface area contributed by atoms with Gasteiger partial charge in [0.25, 0.3) is 0 Å². The van der Waals surface area contributed by atoms with E-state index >= 15 is 0 Å². The van der Waals surface area contributed by atoms with Gasteiger partial charge in [-0.15, -0.1) is 0 Å². The Hall–Kier alpha value is -2.87. The molecule has 0 spiro atoms.